The van der Waals surface area contributed by atoms with Crippen molar-refractivity contribution < 1.29 is 0 Å². The van der Waals surface area contributed by atoms with E-state index in [-0.39, 0.29) is 0 Å². The molecule has 1 aromatic carbocycles. The maximum absolute atomic E-state index is 3.42. The highest BCUT2D eigenvalue weighted by molar-refractivity contribution is 5.53. The van der Waals surface area contributed by atoms with Crippen LogP contribution in [0.25, 0.3) is 0 Å². The molecule has 1 aromatic rings. The molecular weight excluding hydrogens is 208 g/mol. The van der Waals surface area contributed by atoms with Crippen LogP contribution in [0.4, 0.5) is 5.69 Å². The molecule has 0 aromatic heterocycles. The van der Waals surface area contributed by atoms with Crippen LogP contribution < -0.4 is 10.2 Å². The molecule has 0 radical (unpaired) electrons. The first kappa shape index (κ1) is 14.0. The van der Waals surface area contributed by atoms with Crippen molar-refractivity contribution in [2.45, 2.75) is 40.2 Å². The first-order valence-electron chi connectivity index (χ1n) is 6.87. The third-order valence-corrected chi connectivity index (χ3v) is 2.88. The summed E-state index contributed by atoms with van der Waals surface area (Å²) in [5.74, 6) is 0. The number of benzene rings is 1. The average Bonchev–Trinajstić information content (AvgIpc) is 2.36. The Labute approximate surface area is 106 Å². The van der Waals surface area contributed by atoms with Gasteiger partial charge in [0.05, 0.1) is 0 Å². The smallest absolute Gasteiger partial charge is 0.0411 e. The molecule has 0 aliphatic carbocycles. The predicted octanol–water partition coefficient (Wildman–Crippen LogP) is 3.42. The number of rotatable bonds is 8. The van der Waals surface area contributed by atoms with Gasteiger partial charge in [0, 0.05) is 25.3 Å². The minimum Gasteiger partial charge on any atom is -0.371 e. The molecule has 0 aliphatic rings. The normalized spacial score (nSPS) is 10.5. The minimum absolute atomic E-state index is 0.969. The van der Waals surface area contributed by atoms with E-state index in [0.29, 0.717) is 0 Å². The number of anilines is 1. The molecule has 0 unspecified atom stereocenters. The van der Waals surface area contributed by atoms with Gasteiger partial charge >= 0.3 is 0 Å². The van der Waals surface area contributed by atoms with Gasteiger partial charge in [-0.1, -0.05) is 39.0 Å². The molecule has 0 saturated carbocycles. The van der Waals surface area contributed by atoms with E-state index in [9.17, 15) is 0 Å². The van der Waals surface area contributed by atoms with E-state index in [1.54, 1.807) is 0 Å². The lowest BCUT2D eigenvalue weighted by Crippen LogP contribution is -2.27. The van der Waals surface area contributed by atoms with Gasteiger partial charge in [0.2, 0.25) is 0 Å². The fourth-order valence-corrected chi connectivity index (χ4v) is 2.12. The van der Waals surface area contributed by atoms with Crippen molar-refractivity contribution in [2.24, 2.45) is 0 Å². The summed E-state index contributed by atoms with van der Waals surface area (Å²) in [6, 6.07) is 8.75. The number of nitrogens with one attached hydrogen (secondary N) is 1. The first-order valence-corrected chi connectivity index (χ1v) is 6.87. The second-order valence-corrected chi connectivity index (χ2v) is 4.40. The third-order valence-electron chi connectivity index (χ3n) is 2.88. The molecule has 1 N–H and O–H groups in total. The van der Waals surface area contributed by atoms with Gasteiger partial charge in [0.25, 0.3) is 0 Å². The van der Waals surface area contributed by atoms with Crippen LogP contribution in [0.5, 0.6) is 0 Å². The number of hydrogen-bond donors (Lipinski definition) is 1. The van der Waals surface area contributed by atoms with E-state index in [0.717, 1.165) is 26.2 Å². The molecular formula is C15H26N2. The van der Waals surface area contributed by atoms with E-state index < -0.39 is 0 Å². The SMILES string of the molecule is CCCN(CCC)c1ccccc1CNCC. The summed E-state index contributed by atoms with van der Waals surface area (Å²) in [6.07, 6.45) is 2.41. The molecule has 1 rings (SSSR count). The Morgan fingerprint density at radius 3 is 2.24 bits per heavy atom. The Kier molecular flexibility index (Phi) is 6.71. The third kappa shape index (κ3) is 4.39. The summed E-state index contributed by atoms with van der Waals surface area (Å²) in [7, 11) is 0. The molecule has 0 atom stereocenters. The standard InChI is InChI=1S/C15H26N2/c1-4-11-17(12-5-2)15-10-8-7-9-14(15)13-16-6-3/h7-10,16H,4-6,11-13H2,1-3H3. The molecule has 0 heterocycles. The largest absolute Gasteiger partial charge is 0.371 e. The maximum atomic E-state index is 3.42. The van der Waals surface area contributed by atoms with Crippen LogP contribution in [0.1, 0.15) is 39.2 Å². The summed E-state index contributed by atoms with van der Waals surface area (Å²) in [5.41, 5.74) is 2.81. The van der Waals surface area contributed by atoms with Gasteiger partial charge in [-0.25, -0.2) is 0 Å². The highest BCUT2D eigenvalue weighted by Crippen LogP contribution is 2.20. The van der Waals surface area contributed by atoms with E-state index in [4.69, 9.17) is 0 Å². The van der Waals surface area contributed by atoms with Gasteiger partial charge in [0.15, 0.2) is 0 Å². The number of nitrogens with zero attached hydrogens (tertiary/aromatic N) is 1. The van der Waals surface area contributed by atoms with E-state index in [2.05, 4.69) is 55.3 Å². The fourth-order valence-electron chi connectivity index (χ4n) is 2.12. The summed E-state index contributed by atoms with van der Waals surface area (Å²) < 4.78 is 0. The first-order chi connectivity index (χ1) is 8.33. The summed E-state index contributed by atoms with van der Waals surface area (Å²) in [5, 5.41) is 3.42. The average molecular weight is 234 g/mol. The Morgan fingerprint density at radius 1 is 1.00 bits per heavy atom. The van der Waals surface area contributed by atoms with Crippen LogP contribution in [0.2, 0.25) is 0 Å². The fraction of sp³-hybridized carbons (Fsp3) is 0.600. The lowest BCUT2D eigenvalue weighted by atomic mass is 10.1. The van der Waals surface area contributed by atoms with Crippen LogP contribution >= 0.6 is 0 Å². The van der Waals surface area contributed by atoms with Gasteiger partial charge in [0.1, 0.15) is 0 Å². The highest BCUT2D eigenvalue weighted by atomic mass is 15.1. The van der Waals surface area contributed by atoms with Crippen molar-refractivity contribution in [3.8, 4) is 0 Å². The molecule has 0 spiro atoms. The van der Waals surface area contributed by atoms with Gasteiger partial charge in [-0.05, 0) is 31.0 Å². The van der Waals surface area contributed by atoms with Crippen molar-refractivity contribution in [1.29, 1.82) is 0 Å². The van der Waals surface area contributed by atoms with Gasteiger partial charge < -0.3 is 10.2 Å². The van der Waals surface area contributed by atoms with E-state index in [1.807, 2.05) is 0 Å². The predicted molar refractivity (Wildman–Crippen MR) is 76.6 cm³/mol. The molecule has 0 aliphatic heterocycles. The Bertz CT molecular complexity index is 304. The van der Waals surface area contributed by atoms with Crippen LogP contribution in [0, 0.1) is 0 Å². The summed E-state index contributed by atoms with van der Waals surface area (Å²) in [4.78, 5) is 2.51. The van der Waals surface area contributed by atoms with Crippen molar-refractivity contribution >= 4 is 5.69 Å². The van der Waals surface area contributed by atoms with E-state index >= 15 is 0 Å². The van der Waals surface area contributed by atoms with E-state index in [1.165, 1.54) is 24.1 Å². The van der Waals surface area contributed by atoms with Gasteiger partial charge in [-0.3, -0.25) is 0 Å². The van der Waals surface area contributed by atoms with Crippen LogP contribution in [-0.4, -0.2) is 19.6 Å². The van der Waals surface area contributed by atoms with Crippen LogP contribution in [-0.2, 0) is 6.54 Å². The zero-order valence-electron chi connectivity index (χ0n) is 11.5. The Hall–Kier alpha value is -1.02. The van der Waals surface area contributed by atoms with Crippen molar-refractivity contribution in [2.75, 3.05) is 24.5 Å². The van der Waals surface area contributed by atoms with Crippen molar-refractivity contribution in [1.82, 2.24) is 5.32 Å². The highest BCUT2D eigenvalue weighted by Gasteiger charge is 2.08. The van der Waals surface area contributed by atoms with Crippen LogP contribution in [0.3, 0.4) is 0 Å². The Morgan fingerprint density at radius 2 is 1.65 bits per heavy atom. The summed E-state index contributed by atoms with van der Waals surface area (Å²) in [6.45, 7) is 10.9. The lowest BCUT2D eigenvalue weighted by Gasteiger charge is -2.26. The van der Waals surface area contributed by atoms with Crippen molar-refractivity contribution in [3.05, 3.63) is 29.8 Å². The summed E-state index contributed by atoms with van der Waals surface area (Å²) >= 11 is 0. The zero-order valence-corrected chi connectivity index (χ0v) is 11.5. The molecule has 0 amide bonds. The zero-order chi connectivity index (χ0) is 12.5. The maximum Gasteiger partial charge on any atom is 0.0411 e. The molecule has 2 nitrogen and oxygen atoms in total. The number of para-hydroxylation sites is 1. The minimum atomic E-state index is 0.969. The quantitative estimate of drug-likeness (QED) is 0.741. The second kappa shape index (κ2) is 8.13. The number of hydrogen-bond acceptors (Lipinski definition) is 2. The monoisotopic (exact) mass is 234 g/mol. The topological polar surface area (TPSA) is 15.3 Å². The molecule has 2 heteroatoms. The molecule has 0 fully saturated rings. The van der Waals surface area contributed by atoms with Crippen LogP contribution in [0.15, 0.2) is 24.3 Å². The molecule has 0 saturated heterocycles. The van der Waals surface area contributed by atoms with Gasteiger partial charge in [-0.15, -0.1) is 0 Å². The molecule has 96 valence electrons. The second-order valence-electron chi connectivity index (χ2n) is 4.40. The lowest BCUT2D eigenvalue weighted by molar-refractivity contribution is 0.706. The molecule has 0 bridgehead atoms. The van der Waals surface area contributed by atoms with Gasteiger partial charge in [-0.2, -0.15) is 0 Å². The Balaban J connectivity index is 2.83. The van der Waals surface area contributed by atoms with Crippen molar-refractivity contribution in [3.63, 3.8) is 0 Å². The molecule has 17 heavy (non-hydrogen) atoms.